The highest BCUT2D eigenvalue weighted by Gasteiger charge is 2.22. The Hall–Kier alpha value is -1.75. The zero-order valence-corrected chi connectivity index (χ0v) is 9.31. The van der Waals surface area contributed by atoms with Gasteiger partial charge in [-0.2, -0.15) is 0 Å². The summed E-state index contributed by atoms with van der Waals surface area (Å²) >= 11 is 0. The molecule has 0 spiro atoms. The first-order valence-corrected chi connectivity index (χ1v) is 4.68. The molecule has 0 saturated heterocycles. The molecule has 88 valence electrons. The van der Waals surface area contributed by atoms with Crippen LogP contribution in [0.3, 0.4) is 0 Å². The molecule has 3 N–H and O–H groups in total. The fraction of sp³-hybridized carbons (Fsp3) is 0.364. The Morgan fingerprint density at radius 1 is 1.38 bits per heavy atom. The van der Waals surface area contributed by atoms with Crippen molar-refractivity contribution in [3.8, 4) is 11.5 Å². The fourth-order valence-corrected chi connectivity index (χ4v) is 1.47. The summed E-state index contributed by atoms with van der Waals surface area (Å²) in [5.74, 6) is -1.23. The average Bonchev–Trinajstić information content (AvgIpc) is 2.25. The van der Waals surface area contributed by atoms with Crippen LogP contribution in [-0.4, -0.2) is 28.4 Å². The van der Waals surface area contributed by atoms with Crippen LogP contribution in [0.2, 0.25) is 0 Å². The molecule has 5 heteroatoms. The molecule has 1 aromatic carbocycles. The number of benzene rings is 1. The lowest BCUT2D eigenvalue weighted by atomic mass is 9.97. The predicted molar refractivity (Wildman–Crippen MR) is 56.7 cm³/mol. The summed E-state index contributed by atoms with van der Waals surface area (Å²) in [4.78, 5) is 10.7. The van der Waals surface area contributed by atoms with Gasteiger partial charge in [-0.15, -0.1) is 0 Å². The van der Waals surface area contributed by atoms with Crippen molar-refractivity contribution in [3.63, 3.8) is 0 Å². The summed E-state index contributed by atoms with van der Waals surface area (Å²) in [5.41, 5.74) is 1.25. The van der Waals surface area contributed by atoms with Crippen molar-refractivity contribution in [1.82, 2.24) is 0 Å². The van der Waals surface area contributed by atoms with E-state index in [0.717, 1.165) is 0 Å². The molecule has 0 fully saturated rings. The second-order valence-electron chi connectivity index (χ2n) is 3.51. The highest BCUT2D eigenvalue weighted by Crippen LogP contribution is 2.36. The zero-order chi connectivity index (χ0) is 12.5. The van der Waals surface area contributed by atoms with Gasteiger partial charge in [0.15, 0.2) is 17.6 Å². The minimum Gasteiger partial charge on any atom is -0.504 e. The summed E-state index contributed by atoms with van der Waals surface area (Å²) in [7, 11) is 1.36. The van der Waals surface area contributed by atoms with E-state index in [4.69, 9.17) is 9.84 Å². The molecule has 0 aliphatic carbocycles. The number of carbonyl (C=O) groups is 1. The number of aliphatic hydroxyl groups excluding tert-OH is 1. The summed E-state index contributed by atoms with van der Waals surface area (Å²) < 4.78 is 4.90. The van der Waals surface area contributed by atoms with Gasteiger partial charge >= 0.3 is 5.97 Å². The third kappa shape index (κ3) is 1.94. The van der Waals surface area contributed by atoms with Crippen molar-refractivity contribution >= 4 is 5.97 Å². The third-order valence-corrected chi connectivity index (χ3v) is 2.62. The molecule has 0 radical (unpaired) electrons. The first kappa shape index (κ1) is 12.3. The fourth-order valence-electron chi connectivity index (χ4n) is 1.47. The van der Waals surface area contributed by atoms with Gasteiger partial charge in [-0.3, -0.25) is 0 Å². The highest BCUT2D eigenvalue weighted by molar-refractivity contribution is 5.75. The molecular formula is C11H14O5. The van der Waals surface area contributed by atoms with Gasteiger partial charge in [0, 0.05) is 0 Å². The number of carboxylic acid groups (broad SMARTS) is 1. The Morgan fingerprint density at radius 3 is 2.38 bits per heavy atom. The van der Waals surface area contributed by atoms with E-state index in [-0.39, 0.29) is 17.1 Å². The number of hydrogen-bond acceptors (Lipinski definition) is 4. The van der Waals surface area contributed by atoms with E-state index < -0.39 is 12.1 Å². The molecule has 0 saturated carbocycles. The number of ether oxygens (including phenoxy) is 1. The monoisotopic (exact) mass is 226 g/mol. The highest BCUT2D eigenvalue weighted by atomic mass is 16.5. The quantitative estimate of drug-likeness (QED) is 0.719. The van der Waals surface area contributed by atoms with Gasteiger partial charge in [-0.1, -0.05) is 0 Å². The maximum absolute atomic E-state index is 10.7. The van der Waals surface area contributed by atoms with Crippen molar-refractivity contribution < 1.29 is 24.9 Å². The van der Waals surface area contributed by atoms with Gasteiger partial charge in [0.1, 0.15) is 0 Å². The smallest absolute Gasteiger partial charge is 0.337 e. The lowest BCUT2D eigenvalue weighted by Crippen LogP contribution is -2.12. The molecule has 5 nitrogen and oxygen atoms in total. The molecule has 16 heavy (non-hydrogen) atoms. The number of methoxy groups -OCH3 is 1. The maximum Gasteiger partial charge on any atom is 0.337 e. The predicted octanol–water partition coefficient (Wildman–Crippen LogP) is 1.14. The summed E-state index contributed by atoms with van der Waals surface area (Å²) in [6, 6.07) is 1.33. The number of phenols is 1. The second-order valence-corrected chi connectivity index (χ2v) is 3.51. The first-order chi connectivity index (χ1) is 7.40. The summed E-state index contributed by atoms with van der Waals surface area (Å²) in [6.45, 7) is 3.27. The number of phenolic OH excluding ortho intramolecular Hbond substituents is 1. The SMILES string of the molecule is COc1cc(C(O)C(=O)O)c(C)c(C)c1O. The molecule has 0 heterocycles. The third-order valence-electron chi connectivity index (χ3n) is 2.62. The average molecular weight is 226 g/mol. The molecule has 1 unspecified atom stereocenters. The number of rotatable bonds is 3. The molecule has 1 aromatic rings. The van der Waals surface area contributed by atoms with Crippen molar-refractivity contribution in [1.29, 1.82) is 0 Å². The first-order valence-electron chi connectivity index (χ1n) is 4.68. The lowest BCUT2D eigenvalue weighted by Gasteiger charge is -2.15. The van der Waals surface area contributed by atoms with Crippen molar-refractivity contribution in [2.75, 3.05) is 7.11 Å². The molecule has 0 bridgehead atoms. The number of aliphatic hydroxyl groups is 1. The maximum atomic E-state index is 10.7. The van der Waals surface area contributed by atoms with E-state index in [1.165, 1.54) is 13.2 Å². The number of hydrogen-bond donors (Lipinski definition) is 3. The Bertz CT molecular complexity index is 425. The minimum absolute atomic E-state index is 0.0404. The van der Waals surface area contributed by atoms with Gasteiger partial charge in [0.2, 0.25) is 0 Å². The van der Waals surface area contributed by atoms with Gasteiger partial charge in [-0.25, -0.2) is 4.79 Å². The Balaban J connectivity index is 3.41. The largest absolute Gasteiger partial charge is 0.504 e. The molecule has 0 aliphatic rings. The molecule has 0 aliphatic heterocycles. The van der Waals surface area contributed by atoms with Crippen LogP contribution >= 0.6 is 0 Å². The minimum atomic E-state index is -1.62. The van der Waals surface area contributed by atoms with E-state index in [1.807, 2.05) is 0 Å². The van der Waals surface area contributed by atoms with E-state index in [0.29, 0.717) is 11.1 Å². The van der Waals surface area contributed by atoms with Crippen molar-refractivity contribution in [3.05, 3.63) is 22.8 Å². The van der Waals surface area contributed by atoms with E-state index in [9.17, 15) is 15.0 Å². The normalized spacial score (nSPS) is 12.2. The van der Waals surface area contributed by atoms with Gasteiger partial charge < -0.3 is 20.1 Å². The molecule has 1 atom stereocenters. The van der Waals surface area contributed by atoms with Crippen LogP contribution in [0.4, 0.5) is 0 Å². The van der Waals surface area contributed by atoms with E-state index in [2.05, 4.69) is 0 Å². The summed E-state index contributed by atoms with van der Waals surface area (Å²) in [5, 5.41) is 27.9. The molecular weight excluding hydrogens is 212 g/mol. The van der Waals surface area contributed by atoms with Crippen LogP contribution in [0.1, 0.15) is 22.8 Å². The molecule has 1 rings (SSSR count). The molecule has 0 aromatic heterocycles. The number of aliphatic carboxylic acids is 1. The van der Waals surface area contributed by atoms with E-state index >= 15 is 0 Å². The standard InChI is InChI=1S/C11H14O5/c1-5-6(2)9(12)8(16-3)4-7(5)10(13)11(14)15/h4,10,12-13H,1-3H3,(H,14,15). The number of carboxylic acids is 1. The second kappa shape index (κ2) is 4.40. The summed E-state index contributed by atoms with van der Waals surface area (Å²) in [6.07, 6.45) is -1.62. The molecule has 0 amide bonds. The topological polar surface area (TPSA) is 87.0 Å². The Morgan fingerprint density at radius 2 is 1.94 bits per heavy atom. The Labute approximate surface area is 92.9 Å². The van der Waals surface area contributed by atoms with Crippen LogP contribution in [-0.2, 0) is 4.79 Å². The lowest BCUT2D eigenvalue weighted by molar-refractivity contribution is -0.147. The van der Waals surface area contributed by atoms with Crippen LogP contribution in [0.15, 0.2) is 6.07 Å². The van der Waals surface area contributed by atoms with Crippen molar-refractivity contribution in [2.24, 2.45) is 0 Å². The van der Waals surface area contributed by atoms with E-state index in [1.54, 1.807) is 13.8 Å². The van der Waals surface area contributed by atoms with Crippen LogP contribution in [0.5, 0.6) is 11.5 Å². The number of aromatic hydroxyl groups is 1. The van der Waals surface area contributed by atoms with Crippen molar-refractivity contribution in [2.45, 2.75) is 20.0 Å². The zero-order valence-electron chi connectivity index (χ0n) is 9.31. The van der Waals surface area contributed by atoms with Gasteiger partial charge in [0.05, 0.1) is 7.11 Å². The Kier molecular flexibility index (Phi) is 3.39. The van der Waals surface area contributed by atoms with Crippen LogP contribution in [0.25, 0.3) is 0 Å². The van der Waals surface area contributed by atoms with Crippen LogP contribution < -0.4 is 4.74 Å². The van der Waals surface area contributed by atoms with Crippen LogP contribution in [0, 0.1) is 13.8 Å². The van der Waals surface area contributed by atoms with Gasteiger partial charge in [0.25, 0.3) is 0 Å². The van der Waals surface area contributed by atoms with Gasteiger partial charge in [-0.05, 0) is 36.6 Å².